The number of carbonyl (C=O) groups is 1. The van der Waals surface area contributed by atoms with E-state index >= 15 is 0 Å². The van der Waals surface area contributed by atoms with E-state index in [2.05, 4.69) is 5.32 Å². The van der Waals surface area contributed by atoms with Crippen molar-refractivity contribution in [2.75, 3.05) is 6.61 Å². The Hall–Kier alpha value is -1.39. The molecule has 1 aromatic rings. The molecule has 0 saturated carbocycles. The first kappa shape index (κ1) is 12.1. The van der Waals surface area contributed by atoms with Crippen LogP contribution in [0.3, 0.4) is 0 Å². The molecule has 1 aliphatic heterocycles. The van der Waals surface area contributed by atoms with Crippen LogP contribution in [-0.4, -0.2) is 24.7 Å². The summed E-state index contributed by atoms with van der Waals surface area (Å²) in [5, 5.41) is 2.94. The van der Waals surface area contributed by atoms with E-state index in [4.69, 9.17) is 10.5 Å². The van der Waals surface area contributed by atoms with E-state index in [9.17, 15) is 4.79 Å². The number of benzene rings is 1. The minimum atomic E-state index is -0.607. The van der Waals surface area contributed by atoms with E-state index in [1.54, 1.807) is 0 Å². The van der Waals surface area contributed by atoms with Crippen molar-refractivity contribution in [3.05, 3.63) is 35.9 Å². The first-order valence-corrected chi connectivity index (χ1v) is 5.91. The van der Waals surface area contributed by atoms with Crippen molar-refractivity contribution >= 4 is 5.91 Å². The first-order chi connectivity index (χ1) is 8.18. The van der Waals surface area contributed by atoms with Crippen molar-refractivity contribution in [1.82, 2.24) is 5.32 Å². The molecule has 1 aliphatic rings. The van der Waals surface area contributed by atoms with Crippen molar-refractivity contribution in [1.29, 1.82) is 0 Å². The van der Waals surface area contributed by atoms with E-state index in [1.807, 2.05) is 37.3 Å². The SMILES string of the molecule is CC1OCCC1NC(=O)[C@H](N)c1ccccc1. The van der Waals surface area contributed by atoms with Gasteiger partial charge in [-0.05, 0) is 18.9 Å². The molecule has 1 fully saturated rings. The molecule has 0 bridgehead atoms. The van der Waals surface area contributed by atoms with E-state index in [1.165, 1.54) is 0 Å². The maximum absolute atomic E-state index is 12.0. The van der Waals surface area contributed by atoms with Gasteiger partial charge in [0.2, 0.25) is 5.91 Å². The topological polar surface area (TPSA) is 64.3 Å². The monoisotopic (exact) mass is 234 g/mol. The Balaban J connectivity index is 1.96. The van der Waals surface area contributed by atoms with Gasteiger partial charge < -0.3 is 15.8 Å². The first-order valence-electron chi connectivity index (χ1n) is 5.91. The number of amides is 1. The highest BCUT2D eigenvalue weighted by atomic mass is 16.5. The maximum atomic E-state index is 12.0. The number of carbonyl (C=O) groups excluding carboxylic acids is 1. The van der Waals surface area contributed by atoms with Gasteiger partial charge in [-0.25, -0.2) is 0 Å². The third-order valence-electron chi connectivity index (χ3n) is 3.15. The molecular formula is C13H18N2O2. The van der Waals surface area contributed by atoms with Gasteiger partial charge in [0.25, 0.3) is 0 Å². The smallest absolute Gasteiger partial charge is 0.241 e. The maximum Gasteiger partial charge on any atom is 0.241 e. The lowest BCUT2D eigenvalue weighted by Gasteiger charge is -2.19. The van der Waals surface area contributed by atoms with E-state index in [-0.39, 0.29) is 18.1 Å². The van der Waals surface area contributed by atoms with Crippen molar-refractivity contribution in [3.63, 3.8) is 0 Å². The van der Waals surface area contributed by atoms with Crippen LogP contribution in [0.15, 0.2) is 30.3 Å². The van der Waals surface area contributed by atoms with E-state index < -0.39 is 6.04 Å². The second kappa shape index (κ2) is 5.29. The van der Waals surface area contributed by atoms with E-state index in [0.29, 0.717) is 6.61 Å². The summed E-state index contributed by atoms with van der Waals surface area (Å²) in [5.74, 6) is -0.140. The molecule has 4 nitrogen and oxygen atoms in total. The van der Waals surface area contributed by atoms with Crippen LogP contribution in [0.5, 0.6) is 0 Å². The fourth-order valence-electron chi connectivity index (χ4n) is 2.01. The Morgan fingerprint density at radius 1 is 1.47 bits per heavy atom. The Morgan fingerprint density at radius 2 is 2.18 bits per heavy atom. The number of hydrogen-bond acceptors (Lipinski definition) is 3. The summed E-state index contributed by atoms with van der Waals surface area (Å²) in [6, 6.07) is 8.85. The molecule has 0 spiro atoms. The summed E-state index contributed by atoms with van der Waals surface area (Å²) in [6.45, 7) is 2.67. The van der Waals surface area contributed by atoms with Crippen LogP contribution in [0.2, 0.25) is 0 Å². The zero-order valence-corrected chi connectivity index (χ0v) is 9.93. The Morgan fingerprint density at radius 3 is 2.76 bits per heavy atom. The van der Waals surface area contributed by atoms with Gasteiger partial charge in [0.15, 0.2) is 0 Å². The molecule has 0 aromatic heterocycles. The summed E-state index contributed by atoms with van der Waals surface area (Å²) < 4.78 is 5.40. The molecule has 92 valence electrons. The van der Waals surface area contributed by atoms with Crippen molar-refractivity contribution < 1.29 is 9.53 Å². The lowest BCUT2D eigenvalue weighted by molar-refractivity contribution is -0.123. The van der Waals surface area contributed by atoms with Gasteiger partial charge in [-0.3, -0.25) is 4.79 Å². The summed E-state index contributed by atoms with van der Waals surface area (Å²) in [6.07, 6.45) is 0.927. The molecule has 2 unspecified atom stereocenters. The minimum Gasteiger partial charge on any atom is -0.376 e. The zero-order chi connectivity index (χ0) is 12.3. The van der Waals surface area contributed by atoms with Gasteiger partial charge in [-0.1, -0.05) is 30.3 Å². The van der Waals surface area contributed by atoms with Crippen LogP contribution in [0.25, 0.3) is 0 Å². The number of nitrogens with one attached hydrogen (secondary N) is 1. The van der Waals surface area contributed by atoms with Crippen molar-refractivity contribution in [3.8, 4) is 0 Å². The molecule has 3 N–H and O–H groups in total. The van der Waals surface area contributed by atoms with Crippen LogP contribution in [-0.2, 0) is 9.53 Å². The molecule has 4 heteroatoms. The Kier molecular flexibility index (Phi) is 3.76. The molecule has 3 atom stereocenters. The van der Waals surface area contributed by atoms with Gasteiger partial charge in [0.05, 0.1) is 12.1 Å². The quantitative estimate of drug-likeness (QED) is 0.819. The third-order valence-corrected chi connectivity index (χ3v) is 3.15. The summed E-state index contributed by atoms with van der Waals surface area (Å²) >= 11 is 0. The fraction of sp³-hybridized carbons (Fsp3) is 0.462. The summed E-state index contributed by atoms with van der Waals surface area (Å²) in [4.78, 5) is 12.0. The van der Waals surface area contributed by atoms with Crippen molar-refractivity contribution in [2.45, 2.75) is 31.5 Å². The largest absolute Gasteiger partial charge is 0.376 e. The number of nitrogens with two attached hydrogens (primary N) is 1. The van der Waals surface area contributed by atoms with Crippen LogP contribution in [0.1, 0.15) is 24.9 Å². The molecular weight excluding hydrogens is 216 g/mol. The molecule has 1 amide bonds. The number of rotatable bonds is 3. The second-order valence-electron chi connectivity index (χ2n) is 4.37. The Labute approximate surface area is 101 Å². The highest BCUT2D eigenvalue weighted by Crippen LogP contribution is 2.15. The highest BCUT2D eigenvalue weighted by Gasteiger charge is 2.27. The van der Waals surface area contributed by atoms with Gasteiger partial charge in [-0.15, -0.1) is 0 Å². The van der Waals surface area contributed by atoms with Crippen LogP contribution < -0.4 is 11.1 Å². The average molecular weight is 234 g/mol. The van der Waals surface area contributed by atoms with Crippen molar-refractivity contribution in [2.24, 2.45) is 5.73 Å². The van der Waals surface area contributed by atoms with Gasteiger partial charge >= 0.3 is 0 Å². The molecule has 0 aliphatic carbocycles. The van der Waals surface area contributed by atoms with Crippen LogP contribution in [0.4, 0.5) is 0 Å². The molecule has 2 rings (SSSR count). The molecule has 0 radical (unpaired) electrons. The predicted molar refractivity (Wildman–Crippen MR) is 65.3 cm³/mol. The van der Waals surface area contributed by atoms with E-state index in [0.717, 1.165) is 12.0 Å². The molecule has 17 heavy (non-hydrogen) atoms. The second-order valence-corrected chi connectivity index (χ2v) is 4.37. The standard InChI is InChI=1S/C13H18N2O2/c1-9-11(7-8-17-9)15-13(16)12(14)10-5-3-2-4-6-10/h2-6,9,11-12H,7-8,14H2,1H3,(H,15,16)/t9?,11?,12-/m1/s1. The van der Waals surface area contributed by atoms with Gasteiger partial charge in [-0.2, -0.15) is 0 Å². The molecule has 1 heterocycles. The van der Waals surface area contributed by atoms with Gasteiger partial charge in [0, 0.05) is 6.61 Å². The fourth-order valence-corrected chi connectivity index (χ4v) is 2.01. The normalized spacial score (nSPS) is 25.5. The molecule has 1 saturated heterocycles. The number of ether oxygens (including phenoxy) is 1. The average Bonchev–Trinajstić information content (AvgIpc) is 2.75. The summed E-state index contributed by atoms with van der Waals surface area (Å²) in [5.41, 5.74) is 6.74. The zero-order valence-electron chi connectivity index (χ0n) is 9.93. The minimum absolute atomic E-state index is 0.0712. The van der Waals surface area contributed by atoms with Crippen LogP contribution in [0, 0.1) is 0 Å². The predicted octanol–water partition coefficient (Wildman–Crippen LogP) is 0.980. The van der Waals surface area contributed by atoms with Gasteiger partial charge in [0.1, 0.15) is 6.04 Å². The number of hydrogen-bond donors (Lipinski definition) is 2. The summed E-state index contributed by atoms with van der Waals surface area (Å²) in [7, 11) is 0. The third kappa shape index (κ3) is 2.84. The lowest BCUT2D eigenvalue weighted by atomic mass is 10.1. The lowest BCUT2D eigenvalue weighted by Crippen LogP contribution is -2.43. The highest BCUT2D eigenvalue weighted by molar-refractivity contribution is 5.83. The Bertz CT molecular complexity index is 380. The molecule has 1 aromatic carbocycles. The van der Waals surface area contributed by atoms with Crippen LogP contribution >= 0.6 is 0 Å².